The van der Waals surface area contributed by atoms with Crippen molar-refractivity contribution in [1.29, 1.82) is 0 Å². The van der Waals surface area contributed by atoms with Crippen molar-refractivity contribution in [2.75, 3.05) is 5.32 Å². The lowest BCUT2D eigenvalue weighted by Gasteiger charge is -2.30. The molecule has 9 nitrogen and oxygen atoms in total. The second-order valence-corrected chi connectivity index (χ2v) is 11.0. The molecule has 1 aliphatic carbocycles. The van der Waals surface area contributed by atoms with Crippen LogP contribution in [0.25, 0.3) is 11.1 Å². The van der Waals surface area contributed by atoms with Crippen molar-refractivity contribution >= 4 is 22.8 Å². The number of aliphatic hydroxyl groups excluding tert-OH is 1. The Morgan fingerprint density at radius 3 is 2.49 bits per heavy atom. The first-order valence-corrected chi connectivity index (χ1v) is 15.5. The molecule has 0 radical (unpaired) electrons. The Morgan fingerprint density at radius 2 is 1.84 bits per heavy atom. The summed E-state index contributed by atoms with van der Waals surface area (Å²) in [6.45, 7) is 13.9. The summed E-state index contributed by atoms with van der Waals surface area (Å²) in [7, 11) is 0. The standard InChI is InChI=1S/C28H33FN6O3.C3H8.C2H6/c1-16-12-31-26(32-13-16)8-17(2)28(37)33-27-11-19-10-22(24(29)15-35(19)34-27)23-9-18(3)30-14-25(23)38-21-6-4-20(36)5-7-21;1-3-2;1-2/h9-15,17-18,20-21,30,36H,4-8H2,1-3H3,(H,33,34,37);3H2,1-2H3;1-2H3. The highest BCUT2D eigenvalue weighted by Crippen LogP contribution is 2.33. The van der Waals surface area contributed by atoms with E-state index in [2.05, 4.69) is 39.5 Å². The third-order valence-electron chi connectivity index (χ3n) is 6.96. The minimum Gasteiger partial charge on any atom is -0.488 e. The van der Waals surface area contributed by atoms with Gasteiger partial charge in [-0.1, -0.05) is 47.1 Å². The molecule has 0 bridgehead atoms. The largest absolute Gasteiger partial charge is 0.488 e. The van der Waals surface area contributed by atoms with Gasteiger partial charge < -0.3 is 20.5 Å². The van der Waals surface area contributed by atoms with Gasteiger partial charge in [0.25, 0.3) is 0 Å². The van der Waals surface area contributed by atoms with Gasteiger partial charge in [0.05, 0.1) is 23.9 Å². The summed E-state index contributed by atoms with van der Waals surface area (Å²) in [4.78, 5) is 21.3. The number of pyridine rings is 1. The molecular weight excluding hydrogens is 547 g/mol. The maximum absolute atomic E-state index is 15.4. The molecule has 234 valence electrons. The van der Waals surface area contributed by atoms with E-state index in [-0.39, 0.29) is 30.1 Å². The number of aromatic nitrogens is 4. The second kappa shape index (κ2) is 16.2. The molecule has 1 amide bonds. The van der Waals surface area contributed by atoms with E-state index in [9.17, 15) is 9.90 Å². The Bertz CT molecular complexity index is 1390. The van der Waals surface area contributed by atoms with E-state index in [1.807, 2.05) is 33.8 Å². The van der Waals surface area contributed by atoms with E-state index in [1.54, 1.807) is 37.7 Å². The highest BCUT2D eigenvalue weighted by molar-refractivity contribution is 5.92. The fourth-order valence-corrected chi connectivity index (χ4v) is 4.75. The third-order valence-corrected chi connectivity index (χ3v) is 6.96. The SMILES string of the molecule is CC.CCC.Cc1cnc(CC(C)C(=O)Nc2cc3cc(C4=CC(C)NC=C4OC4CCC(O)CC4)c(F)cn3n2)nc1. The number of aliphatic hydroxyl groups is 1. The predicted molar refractivity (Wildman–Crippen MR) is 169 cm³/mol. The molecule has 5 rings (SSSR count). The minimum atomic E-state index is -0.447. The zero-order valence-electron chi connectivity index (χ0n) is 26.5. The third kappa shape index (κ3) is 9.35. The number of fused-ring (bicyclic) bond motifs is 1. The van der Waals surface area contributed by atoms with Crippen molar-refractivity contribution in [3.63, 3.8) is 0 Å². The highest BCUT2D eigenvalue weighted by atomic mass is 19.1. The van der Waals surface area contributed by atoms with Gasteiger partial charge in [-0.15, -0.1) is 5.10 Å². The van der Waals surface area contributed by atoms with Crippen LogP contribution in [0.2, 0.25) is 0 Å². The molecule has 4 heterocycles. The molecule has 2 atom stereocenters. The Balaban J connectivity index is 0.000000953. The Morgan fingerprint density at radius 1 is 1.19 bits per heavy atom. The van der Waals surface area contributed by atoms with Crippen LogP contribution in [0.4, 0.5) is 10.2 Å². The number of rotatable bonds is 7. The lowest BCUT2D eigenvalue weighted by Crippen LogP contribution is -2.28. The molecule has 3 N–H and O–H groups in total. The fourth-order valence-electron chi connectivity index (χ4n) is 4.75. The van der Waals surface area contributed by atoms with Gasteiger partial charge in [-0.2, -0.15) is 0 Å². The van der Waals surface area contributed by atoms with Gasteiger partial charge >= 0.3 is 0 Å². The molecule has 3 aromatic rings. The van der Waals surface area contributed by atoms with E-state index in [0.717, 1.165) is 18.4 Å². The number of ether oxygens (including phenoxy) is 1. The molecule has 0 aromatic carbocycles. The smallest absolute Gasteiger partial charge is 0.228 e. The first-order valence-electron chi connectivity index (χ1n) is 15.5. The lowest BCUT2D eigenvalue weighted by atomic mass is 9.94. The predicted octanol–water partition coefficient (Wildman–Crippen LogP) is 6.37. The molecule has 10 heteroatoms. The molecule has 0 saturated heterocycles. The monoisotopic (exact) mass is 594 g/mol. The van der Waals surface area contributed by atoms with Crippen LogP contribution in [0.15, 0.2) is 48.8 Å². The molecule has 3 aromatic heterocycles. The number of nitrogens with one attached hydrogen (secondary N) is 2. The molecule has 2 unspecified atom stereocenters. The molecule has 1 aliphatic heterocycles. The summed E-state index contributed by atoms with van der Waals surface area (Å²) in [6, 6.07) is 3.43. The van der Waals surface area contributed by atoms with Crippen molar-refractivity contribution < 1.29 is 19.0 Å². The van der Waals surface area contributed by atoms with Crippen LogP contribution in [0, 0.1) is 18.7 Å². The highest BCUT2D eigenvalue weighted by Gasteiger charge is 2.26. The quantitative estimate of drug-likeness (QED) is 0.291. The van der Waals surface area contributed by atoms with Crippen LogP contribution in [0.3, 0.4) is 0 Å². The van der Waals surface area contributed by atoms with Gasteiger partial charge in [-0.25, -0.2) is 18.9 Å². The van der Waals surface area contributed by atoms with E-state index in [1.165, 1.54) is 17.1 Å². The normalized spacial score (nSPS) is 20.3. The number of hydrogen-bond acceptors (Lipinski definition) is 7. The van der Waals surface area contributed by atoms with Gasteiger partial charge in [0.2, 0.25) is 5.91 Å². The van der Waals surface area contributed by atoms with Crippen molar-refractivity contribution in [2.45, 2.75) is 105 Å². The number of amides is 1. The van der Waals surface area contributed by atoms with Crippen LogP contribution >= 0.6 is 0 Å². The lowest BCUT2D eigenvalue weighted by molar-refractivity contribution is -0.119. The van der Waals surface area contributed by atoms with Gasteiger partial charge in [0.15, 0.2) is 5.82 Å². The number of aryl methyl sites for hydroxylation is 1. The number of nitrogens with zero attached hydrogens (tertiary/aromatic N) is 4. The zero-order chi connectivity index (χ0) is 31.5. The second-order valence-electron chi connectivity index (χ2n) is 11.0. The minimum absolute atomic E-state index is 0.0000823. The Hall–Kier alpha value is -3.79. The van der Waals surface area contributed by atoms with Crippen LogP contribution in [-0.4, -0.2) is 48.8 Å². The number of halogens is 1. The molecule has 1 saturated carbocycles. The Labute approximate surface area is 254 Å². The van der Waals surface area contributed by atoms with E-state index in [4.69, 9.17) is 4.74 Å². The van der Waals surface area contributed by atoms with Crippen LogP contribution in [-0.2, 0) is 16.0 Å². The molecule has 2 aliphatic rings. The molecular formula is C33H47FN6O3. The summed E-state index contributed by atoms with van der Waals surface area (Å²) in [5.74, 6) is 0.472. The number of allylic oxidation sites excluding steroid dienone is 1. The average molecular weight is 595 g/mol. The topological polar surface area (TPSA) is 114 Å². The number of dihydropyridines is 1. The van der Waals surface area contributed by atoms with Crippen molar-refractivity contribution in [3.05, 3.63) is 71.5 Å². The first-order chi connectivity index (χ1) is 20.7. The maximum atomic E-state index is 15.4. The van der Waals surface area contributed by atoms with E-state index < -0.39 is 5.82 Å². The maximum Gasteiger partial charge on any atom is 0.228 e. The zero-order valence-corrected chi connectivity index (χ0v) is 26.5. The van der Waals surface area contributed by atoms with Crippen LogP contribution in [0.1, 0.15) is 90.6 Å². The van der Waals surface area contributed by atoms with Crippen molar-refractivity contribution in [2.24, 2.45) is 5.92 Å². The van der Waals surface area contributed by atoms with Gasteiger partial charge in [-0.3, -0.25) is 4.79 Å². The molecule has 0 spiro atoms. The molecule has 1 fully saturated rings. The molecule has 43 heavy (non-hydrogen) atoms. The van der Waals surface area contributed by atoms with Gasteiger partial charge in [-0.05, 0) is 51.2 Å². The first kappa shape index (κ1) is 33.7. The summed E-state index contributed by atoms with van der Waals surface area (Å²) in [5.41, 5.74) is 2.66. The number of anilines is 1. The summed E-state index contributed by atoms with van der Waals surface area (Å²) >= 11 is 0. The van der Waals surface area contributed by atoms with Gasteiger partial charge in [0, 0.05) is 54.2 Å². The van der Waals surface area contributed by atoms with Gasteiger partial charge in [0.1, 0.15) is 17.4 Å². The summed E-state index contributed by atoms with van der Waals surface area (Å²) in [5, 5.41) is 20.2. The number of carbonyl (C=O) groups excluding carboxylic acids is 1. The summed E-state index contributed by atoms with van der Waals surface area (Å²) in [6.07, 6.45) is 12.7. The Kier molecular flexibility index (Phi) is 12.7. The van der Waals surface area contributed by atoms with Crippen LogP contribution < -0.4 is 10.6 Å². The van der Waals surface area contributed by atoms with Crippen molar-refractivity contribution in [1.82, 2.24) is 24.9 Å². The van der Waals surface area contributed by atoms with E-state index in [0.29, 0.717) is 53.3 Å². The number of carbonyl (C=O) groups is 1. The average Bonchev–Trinajstić information content (AvgIpc) is 3.38. The summed E-state index contributed by atoms with van der Waals surface area (Å²) < 4.78 is 23.0. The van der Waals surface area contributed by atoms with Crippen LogP contribution in [0.5, 0.6) is 0 Å². The fraction of sp³-hybridized carbons (Fsp3) is 0.515. The number of hydrogen-bond donors (Lipinski definition) is 3. The van der Waals surface area contributed by atoms with E-state index >= 15 is 4.39 Å². The van der Waals surface area contributed by atoms with Crippen molar-refractivity contribution in [3.8, 4) is 0 Å².